The van der Waals surface area contributed by atoms with Crippen molar-refractivity contribution in [3.63, 3.8) is 0 Å². The first-order chi connectivity index (χ1) is 15.6. The number of benzene rings is 2. The number of halogens is 1. The molecule has 1 aliphatic rings. The van der Waals surface area contributed by atoms with Gasteiger partial charge in [0, 0.05) is 25.1 Å². The summed E-state index contributed by atoms with van der Waals surface area (Å²) in [4.78, 5) is 31.1. The molecule has 0 N–H and O–H groups in total. The number of nitrogens with zero attached hydrogens (tertiary/aromatic N) is 2. The van der Waals surface area contributed by atoms with Gasteiger partial charge in [0.15, 0.2) is 0 Å². The third-order valence-corrected chi connectivity index (χ3v) is 6.68. The van der Waals surface area contributed by atoms with Crippen LogP contribution in [0.1, 0.15) is 32.4 Å². The van der Waals surface area contributed by atoms with Gasteiger partial charge in [0.25, 0.3) is 5.91 Å². The van der Waals surface area contributed by atoms with Crippen LogP contribution in [0.2, 0.25) is 0 Å². The van der Waals surface area contributed by atoms with Gasteiger partial charge in [0.2, 0.25) is 5.91 Å². The Balaban J connectivity index is 1.61. The highest BCUT2D eigenvalue weighted by molar-refractivity contribution is 7.10. The normalized spacial score (nSPS) is 15.3. The third kappa shape index (κ3) is 4.59. The van der Waals surface area contributed by atoms with Crippen LogP contribution in [-0.4, -0.2) is 55.0 Å². The smallest absolute Gasteiger partial charge is 0.257 e. The largest absolute Gasteiger partial charge is 0.383 e. The van der Waals surface area contributed by atoms with Crippen LogP contribution in [-0.2, 0) is 16.0 Å². The number of methoxy groups -OCH3 is 1. The van der Waals surface area contributed by atoms with E-state index in [0.29, 0.717) is 6.54 Å². The molecule has 1 aromatic heterocycles. The summed E-state index contributed by atoms with van der Waals surface area (Å²) in [6, 6.07) is 17.6. The molecular formula is C25H25FN2O3S. The SMILES string of the molecule is COCCN(CC(=O)N1CCc2sccc2C1c1ccccc1)C(=O)c1ccccc1F. The van der Waals surface area contributed by atoms with E-state index in [4.69, 9.17) is 4.74 Å². The Morgan fingerprint density at radius 2 is 1.88 bits per heavy atom. The van der Waals surface area contributed by atoms with E-state index < -0.39 is 11.7 Å². The van der Waals surface area contributed by atoms with Gasteiger partial charge in [-0.05, 0) is 41.1 Å². The zero-order valence-corrected chi connectivity index (χ0v) is 18.7. The van der Waals surface area contributed by atoms with E-state index in [9.17, 15) is 14.0 Å². The number of carbonyl (C=O) groups is 2. The minimum absolute atomic E-state index is 0.0465. The summed E-state index contributed by atoms with van der Waals surface area (Å²) in [5.41, 5.74) is 2.11. The Kier molecular flexibility index (Phi) is 6.97. The first-order valence-corrected chi connectivity index (χ1v) is 11.4. The van der Waals surface area contributed by atoms with Crippen LogP contribution >= 0.6 is 11.3 Å². The number of fused-ring (bicyclic) bond motifs is 1. The standard InChI is InChI=1S/C25H25FN2O3S/c1-31-15-14-27(25(30)19-9-5-6-10-21(19)26)17-23(29)28-13-11-22-20(12-16-32-22)24(28)18-7-3-2-4-8-18/h2-10,12,16,24H,11,13-15,17H2,1H3. The van der Waals surface area contributed by atoms with E-state index in [1.54, 1.807) is 17.4 Å². The molecule has 2 heterocycles. The van der Waals surface area contributed by atoms with Gasteiger partial charge in [0.05, 0.1) is 18.2 Å². The molecule has 3 aromatic rings. The van der Waals surface area contributed by atoms with E-state index in [1.807, 2.05) is 35.2 Å². The highest BCUT2D eigenvalue weighted by Gasteiger charge is 2.34. The van der Waals surface area contributed by atoms with Crippen LogP contribution in [0, 0.1) is 5.82 Å². The predicted octanol–water partition coefficient (Wildman–Crippen LogP) is 4.15. The summed E-state index contributed by atoms with van der Waals surface area (Å²) in [5.74, 6) is -1.29. The topological polar surface area (TPSA) is 49.9 Å². The Labute approximate surface area is 191 Å². The summed E-state index contributed by atoms with van der Waals surface area (Å²) < 4.78 is 19.4. The molecule has 0 saturated heterocycles. The minimum Gasteiger partial charge on any atom is -0.383 e. The van der Waals surface area contributed by atoms with Gasteiger partial charge < -0.3 is 14.5 Å². The summed E-state index contributed by atoms with van der Waals surface area (Å²) in [6.45, 7) is 0.879. The van der Waals surface area contributed by atoms with Gasteiger partial charge in [0.1, 0.15) is 12.4 Å². The van der Waals surface area contributed by atoms with Crippen molar-refractivity contribution in [3.05, 3.63) is 93.4 Å². The maximum Gasteiger partial charge on any atom is 0.257 e. The molecule has 1 atom stereocenters. The summed E-state index contributed by atoms with van der Waals surface area (Å²) in [5, 5.41) is 2.06. The van der Waals surface area contributed by atoms with Gasteiger partial charge in [-0.25, -0.2) is 4.39 Å². The first-order valence-electron chi connectivity index (χ1n) is 10.5. The van der Waals surface area contributed by atoms with Crippen LogP contribution in [0.15, 0.2) is 66.0 Å². The number of ether oxygens (including phenoxy) is 1. The fraction of sp³-hybridized carbons (Fsp3) is 0.280. The predicted molar refractivity (Wildman–Crippen MR) is 122 cm³/mol. The van der Waals surface area contributed by atoms with E-state index in [0.717, 1.165) is 17.5 Å². The molecule has 0 saturated carbocycles. The van der Waals surface area contributed by atoms with Crippen molar-refractivity contribution in [2.75, 3.05) is 33.4 Å². The lowest BCUT2D eigenvalue weighted by molar-refractivity contribution is -0.134. The highest BCUT2D eigenvalue weighted by atomic mass is 32.1. The van der Waals surface area contributed by atoms with Crippen molar-refractivity contribution >= 4 is 23.2 Å². The Morgan fingerprint density at radius 3 is 2.62 bits per heavy atom. The summed E-state index contributed by atoms with van der Waals surface area (Å²) in [7, 11) is 1.53. The molecule has 1 unspecified atom stereocenters. The van der Waals surface area contributed by atoms with E-state index in [1.165, 1.54) is 35.1 Å². The molecule has 0 spiro atoms. The van der Waals surface area contributed by atoms with Gasteiger partial charge in [-0.3, -0.25) is 9.59 Å². The average molecular weight is 453 g/mol. The molecule has 1 aliphatic heterocycles. The average Bonchev–Trinajstić information content (AvgIpc) is 3.30. The van der Waals surface area contributed by atoms with Crippen LogP contribution in [0.25, 0.3) is 0 Å². The molecular weight excluding hydrogens is 427 g/mol. The molecule has 166 valence electrons. The first kappa shape index (κ1) is 22.2. The van der Waals surface area contributed by atoms with E-state index in [2.05, 4.69) is 11.4 Å². The number of rotatable bonds is 7. The maximum atomic E-state index is 14.3. The van der Waals surface area contributed by atoms with Crippen molar-refractivity contribution in [2.45, 2.75) is 12.5 Å². The van der Waals surface area contributed by atoms with Gasteiger partial charge in [-0.2, -0.15) is 0 Å². The zero-order chi connectivity index (χ0) is 22.5. The quantitative estimate of drug-likeness (QED) is 0.541. The lowest BCUT2D eigenvalue weighted by atomic mass is 9.93. The molecule has 0 bridgehead atoms. The fourth-order valence-electron chi connectivity index (χ4n) is 4.09. The number of hydrogen-bond acceptors (Lipinski definition) is 4. The molecule has 0 fully saturated rings. The van der Waals surface area contributed by atoms with Gasteiger partial charge in [-0.1, -0.05) is 42.5 Å². The molecule has 2 aromatic carbocycles. The lowest BCUT2D eigenvalue weighted by Gasteiger charge is -2.37. The number of amides is 2. The number of thiophene rings is 1. The van der Waals surface area contributed by atoms with Crippen LogP contribution in [0.3, 0.4) is 0 Å². The van der Waals surface area contributed by atoms with Crippen molar-refractivity contribution in [2.24, 2.45) is 0 Å². The summed E-state index contributed by atoms with van der Waals surface area (Å²) in [6.07, 6.45) is 0.779. The molecule has 5 nitrogen and oxygen atoms in total. The number of carbonyl (C=O) groups excluding carboxylic acids is 2. The Hall–Kier alpha value is -3.03. The van der Waals surface area contributed by atoms with Crippen LogP contribution in [0.5, 0.6) is 0 Å². The second kappa shape index (κ2) is 10.1. The molecule has 4 rings (SSSR count). The molecule has 32 heavy (non-hydrogen) atoms. The van der Waals surface area contributed by atoms with Gasteiger partial charge >= 0.3 is 0 Å². The number of hydrogen-bond donors (Lipinski definition) is 0. The minimum atomic E-state index is -0.601. The van der Waals surface area contributed by atoms with Crippen molar-refractivity contribution < 1.29 is 18.7 Å². The van der Waals surface area contributed by atoms with Crippen molar-refractivity contribution in [1.82, 2.24) is 9.80 Å². The van der Waals surface area contributed by atoms with E-state index >= 15 is 0 Å². The van der Waals surface area contributed by atoms with Crippen molar-refractivity contribution in [1.29, 1.82) is 0 Å². The lowest BCUT2D eigenvalue weighted by Crippen LogP contribution is -2.47. The second-order valence-electron chi connectivity index (χ2n) is 7.65. The highest BCUT2D eigenvalue weighted by Crippen LogP contribution is 2.37. The molecule has 2 amide bonds. The second-order valence-corrected chi connectivity index (χ2v) is 8.65. The molecule has 7 heteroatoms. The molecule has 0 aliphatic carbocycles. The third-order valence-electron chi connectivity index (χ3n) is 5.68. The molecule has 0 radical (unpaired) electrons. The maximum absolute atomic E-state index is 14.3. The fourth-order valence-corrected chi connectivity index (χ4v) is 5.00. The Morgan fingerprint density at radius 1 is 1.12 bits per heavy atom. The monoisotopic (exact) mass is 452 g/mol. The van der Waals surface area contributed by atoms with Crippen molar-refractivity contribution in [3.8, 4) is 0 Å². The van der Waals surface area contributed by atoms with Crippen LogP contribution < -0.4 is 0 Å². The van der Waals surface area contributed by atoms with Crippen LogP contribution in [0.4, 0.5) is 4.39 Å². The van der Waals surface area contributed by atoms with Gasteiger partial charge in [-0.15, -0.1) is 11.3 Å². The Bertz CT molecular complexity index is 1090. The van der Waals surface area contributed by atoms with E-state index in [-0.39, 0.29) is 37.2 Å². The zero-order valence-electron chi connectivity index (χ0n) is 17.9. The summed E-state index contributed by atoms with van der Waals surface area (Å²) >= 11 is 1.71.